The van der Waals surface area contributed by atoms with Crippen LogP contribution in [-0.2, 0) is 0 Å². The Morgan fingerprint density at radius 2 is 1.94 bits per heavy atom. The molecule has 0 aromatic heterocycles. The van der Waals surface area contributed by atoms with E-state index in [1.54, 1.807) is 5.57 Å². The summed E-state index contributed by atoms with van der Waals surface area (Å²) in [7, 11) is 5.41. The van der Waals surface area contributed by atoms with Crippen LogP contribution in [0.25, 0.3) is 0 Å². The van der Waals surface area contributed by atoms with Crippen molar-refractivity contribution in [2.45, 2.75) is 52.4 Å². The van der Waals surface area contributed by atoms with E-state index in [1.807, 2.05) is 0 Å². The maximum absolute atomic E-state index is 3.80. The fourth-order valence-corrected chi connectivity index (χ4v) is 5.79. The monoisotopic (exact) mass is 328 g/mol. The molecule has 18 heavy (non-hydrogen) atoms. The number of hydrogen-bond donors (Lipinski definition) is 0. The first-order valence-corrected chi connectivity index (χ1v) is 11.4. The van der Waals surface area contributed by atoms with Crippen molar-refractivity contribution in [3.05, 3.63) is 9.95 Å². The minimum atomic E-state index is -0.995. The van der Waals surface area contributed by atoms with E-state index >= 15 is 0 Å². The summed E-state index contributed by atoms with van der Waals surface area (Å²) in [4.78, 5) is 2.13. The summed E-state index contributed by atoms with van der Waals surface area (Å²) in [6, 6.07) is 1.42. The Morgan fingerprint density at radius 3 is 2.39 bits per heavy atom. The molecule has 4 heteroatoms. The molecule has 0 amide bonds. The van der Waals surface area contributed by atoms with Crippen molar-refractivity contribution in [3.8, 4) is 0 Å². The summed E-state index contributed by atoms with van der Waals surface area (Å²) in [5.41, 5.74) is 2.12. The van der Waals surface area contributed by atoms with Crippen LogP contribution in [0, 0.1) is 11.3 Å². The average molecular weight is 329 g/mol. The summed E-state index contributed by atoms with van der Waals surface area (Å²) in [5.74, 6) is 0.789. The molecule has 0 saturated heterocycles. The lowest BCUT2D eigenvalue weighted by Gasteiger charge is -2.24. The highest BCUT2D eigenvalue weighted by Gasteiger charge is 2.38. The fraction of sp³-hybridized carbons (Fsp3) is 0.857. The van der Waals surface area contributed by atoms with Gasteiger partial charge in [0.25, 0.3) is 7.41 Å². The van der Waals surface area contributed by atoms with Crippen LogP contribution in [0.4, 0.5) is 0 Å². The highest BCUT2D eigenvalue weighted by Crippen LogP contribution is 2.49. The van der Waals surface area contributed by atoms with Crippen LogP contribution in [0.15, 0.2) is 9.95 Å². The van der Waals surface area contributed by atoms with Gasteiger partial charge in [0.05, 0.1) is 0 Å². The van der Waals surface area contributed by atoms with Crippen LogP contribution in [-0.4, -0.2) is 34.4 Å². The van der Waals surface area contributed by atoms with Crippen molar-refractivity contribution < 1.29 is 0 Å². The summed E-state index contributed by atoms with van der Waals surface area (Å²) in [6.45, 7) is 12.3. The van der Waals surface area contributed by atoms with Gasteiger partial charge in [-0.3, -0.25) is 0 Å². The second kappa shape index (κ2) is 5.84. The first-order chi connectivity index (χ1) is 8.00. The van der Waals surface area contributed by atoms with Crippen LogP contribution >= 0.6 is 15.9 Å². The molecule has 1 rings (SSSR count). The van der Waals surface area contributed by atoms with E-state index < -0.39 is 8.07 Å². The lowest BCUT2D eigenvalue weighted by atomic mass is 9.85. The zero-order valence-electron chi connectivity index (χ0n) is 13.1. The van der Waals surface area contributed by atoms with Crippen LogP contribution in [0.3, 0.4) is 0 Å². The van der Waals surface area contributed by atoms with E-state index in [1.165, 1.54) is 23.3 Å². The molecule has 1 atom stereocenters. The molecule has 1 aliphatic carbocycles. The lowest BCUT2D eigenvalue weighted by Crippen LogP contribution is -2.25. The highest BCUT2D eigenvalue weighted by molar-refractivity contribution is 9.12. The predicted molar refractivity (Wildman–Crippen MR) is 90.1 cm³/mol. The van der Waals surface area contributed by atoms with Crippen LogP contribution in [0.2, 0.25) is 25.7 Å². The number of allylic oxidation sites excluding steroid dienone is 1. The van der Waals surface area contributed by atoms with Crippen molar-refractivity contribution in [1.29, 1.82) is 0 Å². The molecule has 103 valence electrons. The molecule has 1 unspecified atom stereocenters. The summed E-state index contributed by atoms with van der Waals surface area (Å²) in [5, 5.41) is 0. The highest BCUT2D eigenvalue weighted by atomic mass is 79.9. The van der Waals surface area contributed by atoms with Crippen molar-refractivity contribution >= 4 is 31.4 Å². The van der Waals surface area contributed by atoms with Crippen molar-refractivity contribution in [1.82, 2.24) is 4.81 Å². The Kier molecular flexibility index (Phi) is 5.36. The molecule has 0 spiro atoms. The van der Waals surface area contributed by atoms with Crippen LogP contribution < -0.4 is 0 Å². The topological polar surface area (TPSA) is 3.24 Å². The molecular weight excluding hydrogens is 301 g/mol. The normalized spacial score (nSPS) is 26.6. The van der Waals surface area contributed by atoms with Gasteiger partial charge in [0, 0.05) is 8.07 Å². The molecule has 1 nitrogen and oxygen atoms in total. The first kappa shape index (κ1) is 16.5. The van der Waals surface area contributed by atoms with Crippen LogP contribution in [0.5, 0.6) is 0 Å². The van der Waals surface area contributed by atoms with E-state index in [2.05, 4.69) is 75.7 Å². The smallest absolute Gasteiger partial charge is 0.256 e. The Hall–Kier alpha value is 0.462. The molecule has 0 aliphatic heterocycles. The standard InChI is InChI=1S/C14H28BBrNSi/c1-14(2)8-11(10-18(5,6)7)12(9-14)13(16)15-17(3)4/h11H,8-10H2,1-7H3. The number of nitrogens with zero attached hydrogens (tertiary/aromatic N) is 1. The molecular formula is C14H28BBrNSi. The third-order valence-electron chi connectivity index (χ3n) is 3.50. The van der Waals surface area contributed by atoms with E-state index in [4.69, 9.17) is 0 Å². The molecule has 0 heterocycles. The largest absolute Gasteiger partial charge is 0.347 e. The van der Waals surface area contributed by atoms with Gasteiger partial charge in [-0.2, -0.15) is 0 Å². The van der Waals surface area contributed by atoms with E-state index in [0.29, 0.717) is 5.41 Å². The van der Waals surface area contributed by atoms with Gasteiger partial charge < -0.3 is 4.81 Å². The van der Waals surface area contributed by atoms with Gasteiger partial charge in [-0.25, -0.2) is 0 Å². The Balaban J connectivity index is 2.92. The summed E-state index contributed by atoms with van der Waals surface area (Å²) < 4.78 is 1.32. The lowest BCUT2D eigenvalue weighted by molar-refractivity contribution is 0.367. The molecule has 1 fully saturated rings. The van der Waals surface area contributed by atoms with Gasteiger partial charge in [0.1, 0.15) is 0 Å². The molecule has 0 aromatic carbocycles. The number of rotatable bonds is 4. The van der Waals surface area contributed by atoms with E-state index in [0.717, 1.165) is 5.92 Å². The molecule has 0 bridgehead atoms. The van der Waals surface area contributed by atoms with Gasteiger partial charge >= 0.3 is 0 Å². The Labute approximate surface area is 124 Å². The van der Waals surface area contributed by atoms with Gasteiger partial charge in [-0.15, -0.1) is 0 Å². The minimum Gasteiger partial charge on any atom is -0.347 e. The second-order valence-electron chi connectivity index (χ2n) is 7.97. The summed E-state index contributed by atoms with van der Waals surface area (Å²) in [6.07, 6.45) is 2.59. The maximum atomic E-state index is 3.80. The zero-order valence-corrected chi connectivity index (χ0v) is 15.7. The average Bonchev–Trinajstić information content (AvgIpc) is 2.36. The molecule has 1 aliphatic rings. The maximum Gasteiger partial charge on any atom is 0.256 e. The van der Waals surface area contributed by atoms with E-state index in [9.17, 15) is 0 Å². The summed E-state index contributed by atoms with van der Waals surface area (Å²) >= 11 is 3.80. The second-order valence-corrected chi connectivity index (χ2v) is 14.4. The number of hydrogen-bond acceptors (Lipinski definition) is 1. The van der Waals surface area contributed by atoms with Crippen molar-refractivity contribution in [2.24, 2.45) is 11.3 Å². The van der Waals surface area contributed by atoms with Crippen molar-refractivity contribution in [3.63, 3.8) is 0 Å². The van der Waals surface area contributed by atoms with E-state index in [-0.39, 0.29) is 0 Å². The molecule has 1 saturated carbocycles. The minimum absolute atomic E-state index is 0.471. The Bertz CT molecular complexity index is 331. The zero-order chi connectivity index (χ0) is 14.1. The fourth-order valence-electron chi connectivity index (χ4n) is 3.05. The van der Waals surface area contributed by atoms with Gasteiger partial charge in [0.2, 0.25) is 0 Å². The molecule has 1 radical (unpaired) electrons. The van der Waals surface area contributed by atoms with Gasteiger partial charge in [-0.1, -0.05) is 61.0 Å². The van der Waals surface area contributed by atoms with Gasteiger partial charge in [0.15, 0.2) is 0 Å². The SMILES string of the molecule is CN(C)[B]C(Br)=C1CC(C)(C)CC1C[Si](C)(C)C. The van der Waals surface area contributed by atoms with Crippen LogP contribution in [0.1, 0.15) is 26.7 Å². The van der Waals surface area contributed by atoms with Crippen molar-refractivity contribution in [2.75, 3.05) is 14.1 Å². The van der Waals surface area contributed by atoms with Gasteiger partial charge in [-0.05, 0) is 42.7 Å². The number of halogens is 1. The third kappa shape index (κ3) is 5.22. The molecule has 0 N–H and O–H groups in total. The third-order valence-corrected chi connectivity index (χ3v) is 5.93. The molecule has 0 aromatic rings. The quantitative estimate of drug-likeness (QED) is 0.684. The predicted octanol–water partition coefficient (Wildman–Crippen LogP) is 4.55. The Morgan fingerprint density at radius 1 is 1.39 bits per heavy atom. The first-order valence-electron chi connectivity index (χ1n) is 6.90.